The van der Waals surface area contributed by atoms with E-state index in [1.807, 2.05) is 18.3 Å². The van der Waals surface area contributed by atoms with Gasteiger partial charge in [-0.2, -0.15) is 4.98 Å². The molecule has 0 amide bonds. The van der Waals surface area contributed by atoms with Crippen LogP contribution in [0.3, 0.4) is 0 Å². The van der Waals surface area contributed by atoms with Crippen LogP contribution in [0.1, 0.15) is 38.2 Å². The van der Waals surface area contributed by atoms with Gasteiger partial charge in [-0.15, -0.1) is 5.10 Å². The lowest BCUT2D eigenvalue weighted by atomic mass is 10.2. The molecule has 0 saturated carbocycles. The molecule has 2 aromatic heterocycles. The third kappa shape index (κ3) is 3.19. The molecule has 0 bridgehead atoms. The topological polar surface area (TPSA) is 42.2 Å². The maximum atomic E-state index is 4.43. The van der Waals surface area contributed by atoms with Gasteiger partial charge in [0, 0.05) is 12.7 Å². The van der Waals surface area contributed by atoms with Gasteiger partial charge in [-0.3, -0.25) is 0 Å². The standard InChI is InChI=1S/C13H20N4/c1-3-4-5-6-8-14-13-15-12-10-11(2)7-9-17(12)16-13/h7,9-10H,3-6,8H2,1-2H3,(H,14,16). The molecule has 2 heterocycles. The molecule has 2 rings (SSSR count). The summed E-state index contributed by atoms with van der Waals surface area (Å²) >= 11 is 0. The van der Waals surface area contributed by atoms with Crippen LogP contribution in [0, 0.1) is 6.92 Å². The Morgan fingerprint density at radius 3 is 3.00 bits per heavy atom. The Kier molecular flexibility index (Phi) is 3.96. The van der Waals surface area contributed by atoms with Gasteiger partial charge in [-0.25, -0.2) is 4.52 Å². The Balaban J connectivity index is 1.91. The molecule has 0 aliphatic carbocycles. The molecule has 4 heteroatoms. The van der Waals surface area contributed by atoms with Crippen molar-refractivity contribution in [2.75, 3.05) is 11.9 Å². The number of aromatic nitrogens is 3. The quantitative estimate of drug-likeness (QED) is 0.778. The fourth-order valence-electron chi connectivity index (χ4n) is 1.81. The highest BCUT2D eigenvalue weighted by Crippen LogP contribution is 2.08. The van der Waals surface area contributed by atoms with Gasteiger partial charge in [-0.1, -0.05) is 26.2 Å². The lowest BCUT2D eigenvalue weighted by Gasteiger charge is -2.00. The number of aryl methyl sites for hydroxylation is 1. The van der Waals surface area contributed by atoms with Crippen molar-refractivity contribution >= 4 is 11.6 Å². The largest absolute Gasteiger partial charge is 0.353 e. The molecular formula is C13H20N4. The van der Waals surface area contributed by atoms with Gasteiger partial charge < -0.3 is 5.32 Å². The molecule has 0 unspecified atom stereocenters. The first-order valence-electron chi connectivity index (χ1n) is 6.36. The predicted molar refractivity (Wildman–Crippen MR) is 70.4 cm³/mol. The van der Waals surface area contributed by atoms with E-state index < -0.39 is 0 Å². The van der Waals surface area contributed by atoms with E-state index in [0.717, 1.165) is 18.1 Å². The van der Waals surface area contributed by atoms with Crippen molar-refractivity contribution in [3.05, 3.63) is 23.9 Å². The summed E-state index contributed by atoms with van der Waals surface area (Å²) in [7, 11) is 0. The Morgan fingerprint density at radius 2 is 2.18 bits per heavy atom. The van der Waals surface area contributed by atoms with Gasteiger partial charge in [0.1, 0.15) is 0 Å². The highest BCUT2D eigenvalue weighted by atomic mass is 15.3. The normalized spacial score (nSPS) is 10.9. The van der Waals surface area contributed by atoms with E-state index in [4.69, 9.17) is 0 Å². The highest BCUT2D eigenvalue weighted by Gasteiger charge is 2.01. The zero-order valence-corrected chi connectivity index (χ0v) is 10.6. The van der Waals surface area contributed by atoms with Gasteiger partial charge in [0.2, 0.25) is 5.95 Å². The van der Waals surface area contributed by atoms with Crippen molar-refractivity contribution in [3.63, 3.8) is 0 Å². The number of unbranched alkanes of at least 4 members (excludes halogenated alkanes) is 3. The summed E-state index contributed by atoms with van der Waals surface area (Å²) in [5, 5.41) is 7.64. The summed E-state index contributed by atoms with van der Waals surface area (Å²) < 4.78 is 1.81. The van der Waals surface area contributed by atoms with E-state index in [9.17, 15) is 0 Å². The first kappa shape index (κ1) is 11.9. The fourth-order valence-corrected chi connectivity index (χ4v) is 1.81. The number of nitrogens with zero attached hydrogens (tertiary/aromatic N) is 3. The number of pyridine rings is 1. The molecule has 92 valence electrons. The summed E-state index contributed by atoms with van der Waals surface area (Å²) in [5.74, 6) is 0.729. The maximum Gasteiger partial charge on any atom is 0.243 e. The SMILES string of the molecule is CCCCCCNc1nc2cc(C)ccn2n1. The minimum absolute atomic E-state index is 0.729. The van der Waals surface area contributed by atoms with Crippen LogP contribution in [-0.4, -0.2) is 21.1 Å². The summed E-state index contributed by atoms with van der Waals surface area (Å²) in [6.45, 7) is 5.24. The van der Waals surface area contributed by atoms with Gasteiger partial charge in [0.05, 0.1) is 0 Å². The number of nitrogens with one attached hydrogen (secondary N) is 1. The van der Waals surface area contributed by atoms with Crippen molar-refractivity contribution in [2.24, 2.45) is 0 Å². The van der Waals surface area contributed by atoms with Crippen LogP contribution >= 0.6 is 0 Å². The number of fused-ring (bicyclic) bond motifs is 1. The first-order valence-corrected chi connectivity index (χ1v) is 6.36. The smallest absolute Gasteiger partial charge is 0.243 e. The van der Waals surface area contributed by atoms with Crippen LogP contribution in [0.15, 0.2) is 18.3 Å². The maximum absolute atomic E-state index is 4.43. The second-order valence-electron chi connectivity index (χ2n) is 4.43. The van der Waals surface area contributed by atoms with Gasteiger partial charge in [-0.05, 0) is 31.0 Å². The predicted octanol–water partition coefficient (Wildman–Crippen LogP) is 3.03. The molecule has 2 aromatic rings. The lowest BCUT2D eigenvalue weighted by Crippen LogP contribution is -2.03. The summed E-state index contributed by atoms with van der Waals surface area (Å²) in [5.41, 5.74) is 2.11. The molecule has 0 fully saturated rings. The molecule has 0 spiro atoms. The zero-order valence-electron chi connectivity index (χ0n) is 10.6. The van der Waals surface area contributed by atoms with Crippen LogP contribution in [0.4, 0.5) is 5.95 Å². The molecule has 0 atom stereocenters. The molecule has 0 radical (unpaired) electrons. The molecule has 0 saturated heterocycles. The first-order chi connectivity index (χ1) is 8.29. The minimum atomic E-state index is 0.729. The minimum Gasteiger partial charge on any atom is -0.353 e. The van der Waals surface area contributed by atoms with Gasteiger partial charge in [0.15, 0.2) is 5.65 Å². The van der Waals surface area contributed by atoms with E-state index in [0.29, 0.717) is 0 Å². The Morgan fingerprint density at radius 1 is 1.29 bits per heavy atom. The molecule has 0 aliphatic rings. The number of hydrogen-bond donors (Lipinski definition) is 1. The summed E-state index contributed by atoms with van der Waals surface area (Å²) in [6, 6.07) is 4.07. The molecule has 0 aliphatic heterocycles. The number of hydrogen-bond acceptors (Lipinski definition) is 3. The fraction of sp³-hybridized carbons (Fsp3) is 0.538. The van der Waals surface area contributed by atoms with Gasteiger partial charge in [0.25, 0.3) is 0 Å². The Bertz CT molecular complexity index is 475. The van der Waals surface area contributed by atoms with E-state index in [2.05, 4.69) is 29.2 Å². The molecule has 0 aromatic carbocycles. The Labute approximate surface area is 102 Å². The van der Waals surface area contributed by atoms with Crippen LogP contribution in [0.25, 0.3) is 5.65 Å². The molecule has 1 N–H and O–H groups in total. The molecule has 17 heavy (non-hydrogen) atoms. The summed E-state index contributed by atoms with van der Waals surface area (Å²) in [4.78, 5) is 4.43. The molecule has 4 nitrogen and oxygen atoms in total. The van der Waals surface area contributed by atoms with Crippen molar-refractivity contribution in [2.45, 2.75) is 39.5 Å². The van der Waals surface area contributed by atoms with Crippen molar-refractivity contribution in [1.29, 1.82) is 0 Å². The monoisotopic (exact) mass is 232 g/mol. The van der Waals surface area contributed by atoms with Crippen LogP contribution in [-0.2, 0) is 0 Å². The van der Waals surface area contributed by atoms with E-state index in [1.54, 1.807) is 4.52 Å². The Hall–Kier alpha value is -1.58. The second-order valence-corrected chi connectivity index (χ2v) is 4.43. The van der Waals surface area contributed by atoms with E-state index in [-0.39, 0.29) is 0 Å². The van der Waals surface area contributed by atoms with E-state index in [1.165, 1.54) is 31.2 Å². The highest BCUT2D eigenvalue weighted by molar-refractivity contribution is 5.45. The third-order valence-corrected chi connectivity index (χ3v) is 2.81. The van der Waals surface area contributed by atoms with Crippen molar-refractivity contribution in [1.82, 2.24) is 14.6 Å². The number of anilines is 1. The average Bonchev–Trinajstić information content (AvgIpc) is 2.70. The third-order valence-electron chi connectivity index (χ3n) is 2.81. The zero-order chi connectivity index (χ0) is 12.1. The van der Waals surface area contributed by atoms with E-state index >= 15 is 0 Å². The second kappa shape index (κ2) is 5.66. The average molecular weight is 232 g/mol. The van der Waals surface area contributed by atoms with Gasteiger partial charge >= 0.3 is 0 Å². The number of rotatable bonds is 6. The van der Waals surface area contributed by atoms with Crippen LogP contribution in [0.2, 0.25) is 0 Å². The van der Waals surface area contributed by atoms with Crippen LogP contribution in [0.5, 0.6) is 0 Å². The summed E-state index contributed by atoms with van der Waals surface area (Å²) in [6.07, 6.45) is 6.98. The lowest BCUT2D eigenvalue weighted by molar-refractivity contribution is 0.683. The van der Waals surface area contributed by atoms with Crippen LogP contribution < -0.4 is 5.32 Å². The molecular weight excluding hydrogens is 212 g/mol. The van der Waals surface area contributed by atoms with Crippen molar-refractivity contribution in [3.8, 4) is 0 Å². The van der Waals surface area contributed by atoms with Crippen molar-refractivity contribution < 1.29 is 0 Å².